The summed E-state index contributed by atoms with van der Waals surface area (Å²) in [4.78, 5) is 38.3. The largest absolute Gasteiger partial charge is 0.507 e. The highest BCUT2D eigenvalue weighted by molar-refractivity contribution is 5.97. The van der Waals surface area contributed by atoms with Gasteiger partial charge < -0.3 is 19.6 Å². The van der Waals surface area contributed by atoms with Crippen molar-refractivity contribution in [2.45, 2.75) is 13.3 Å². The van der Waals surface area contributed by atoms with Crippen molar-refractivity contribution < 1.29 is 23.8 Å². The molecule has 8 nitrogen and oxygen atoms in total. The molecule has 0 aliphatic carbocycles. The number of fused-ring (bicyclic) bond motifs is 1. The van der Waals surface area contributed by atoms with Crippen molar-refractivity contribution in [3.05, 3.63) is 39.2 Å². The lowest BCUT2D eigenvalue weighted by atomic mass is 10.0. The van der Waals surface area contributed by atoms with E-state index in [9.17, 15) is 19.5 Å². The number of phenols is 1. The number of morpholine rings is 1. The van der Waals surface area contributed by atoms with E-state index in [0.29, 0.717) is 26.0 Å². The van der Waals surface area contributed by atoms with Gasteiger partial charge in [-0.05, 0) is 19.1 Å². The van der Waals surface area contributed by atoms with Crippen LogP contribution >= 0.6 is 0 Å². The van der Waals surface area contributed by atoms with Gasteiger partial charge in [0.2, 0.25) is 5.91 Å². The van der Waals surface area contributed by atoms with E-state index in [0.717, 1.165) is 19.6 Å². The van der Waals surface area contributed by atoms with Gasteiger partial charge >= 0.3 is 0 Å². The summed E-state index contributed by atoms with van der Waals surface area (Å²) in [5.74, 6) is -0.273. The number of ether oxygens (including phenoxy) is 1. The van der Waals surface area contributed by atoms with Gasteiger partial charge in [-0.15, -0.1) is 0 Å². The van der Waals surface area contributed by atoms with Crippen LogP contribution in [0.1, 0.15) is 21.7 Å². The summed E-state index contributed by atoms with van der Waals surface area (Å²) >= 11 is 0. The first-order chi connectivity index (χ1) is 13.0. The average Bonchev–Trinajstić information content (AvgIpc) is 2.66. The predicted molar refractivity (Wildman–Crippen MR) is 98.2 cm³/mol. The molecule has 3 rings (SSSR count). The molecule has 2 aromatic rings. The number of amides is 1. The van der Waals surface area contributed by atoms with Crippen LogP contribution in [-0.4, -0.2) is 61.6 Å². The summed E-state index contributed by atoms with van der Waals surface area (Å²) in [5, 5.41) is 12.7. The van der Waals surface area contributed by atoms with Crippen molar-refractivity contribution in [3.8, 4) is 5.75 Å². The van der Waals surface area contributed by atoms with Crippen LogP contribution in [0, 0.1) is 6.92 Å². The van der Waals surface area contributed by atoms with E-state index in [-0.39, 0.29) is 51.4 Å². The second-order valence-corrected chi connectivity index (χ2v) is 6.44. The Balaban J connectivity index is 1.72. The molecule has 8 heteroatoms. The van der Waals surface area contributed by atoms with E-state index in [1.807, 2.05) is 0 Å². The number of rotatable bonds is 6. The fraction of sp³-hybridized carbons (Fsp3) is 0.421. The van der Waals surface area contributed by atoms with E-state index in [1.54, 1.807) is 6.92 Å². The number of aromatic hydroxyl groups is 1. The molecular formula is C19H22N2O6. The molecule has 1 aliphatic rings. The molecule has 2 N–H and O–H groups in total. The molecule has 0 radical (unpaired) electrons. The van der Waals surface area contributed by atoms with Gasteiger partial charge in [-0.25, -0.2) is 0 Å². The molecule has 1 aliphatic heterocycles. The van der Waals surface area contributed by atoms with Crippen LogP contribution in [0.15, 0.2) is 21.3 Å². The van der Waals surface area contributed by atoms with Crippen LogP contribution in [0.25, 0.3) is 11.0 Å². The number of carbonyl (C=O) groups excluding carboxylic acids is 2. The van der Waals surface area contributed by atoms with Crippen molar-refractivity contribution in [1.29, 1.82) is 0 Å². The van der Waals surface area contributed by atoms with Gasteiger partial charge in [-0.2, -0.15) is 0 Å². The minimum atomic E-state index is -0.375. The highest BCUT2D eigenvalue weighted by atomic mass is 16.5. The number of benzene rings is 1. The first-order valence-corrected chi connectivity index (χ1v) is 8.81. The van der Waals surface area contributed by atoms with Gasteiger partial charge in [-0.3, -0.25) is 19.3 Å². The summed E-state index contributed by atoms with van der Waals surface area (Å²) < 4.78 is 10.9. The molecule has 1 aromatic carbocycles. The van der Waals surface area contributed by atoms with Crippen molar-refractivity contribution in [2.24, 2.45) is 0 Å². The zero-order valence-corrected chi connectivity index (χ0v) is 15.1. The monoisotopic (exact) mass is 374 g/mol. The molecular weight excluding hydrogens is 352 g/mol. The van der Waals surface area contributed by atoms with Gasteiger partial charge in [0, 0.05) is 31.7 Å². The van der Waals surface area contributed by atoms with Crippen molar-refractivity contribution >= 4 is 23.2 Å². The summed E-state index contributed by atoms with van der Waals surface area (Å²) in [7, 11) is 0. The lowest BCUT2D eigenvalue weighted by molar-refractivity contribution is -0.120. The second kappa shape index (κ2) is 8.32. The van der Waals surface area contributed by atoms with Crippen molar-refractivity contribution in [3.63, 3.8) is 0 Å². The minimum absolute atomic E-state index is 0.0315. The van der Waals surface area contributed by atoms with E-state index in [2.05, 4.69) is 10.2 Å². The standard InChI is InChI=1S/C19H22N2O6/c1-12-14(10-17(24)20-4-5-21-6-8-26-9-7-21)18(25)13-2-3-16(23)15(11-22)19(13)27-12/h2-3,11,23H,4-10H2,1H3,(H,20,24). The molecule has 144 valence electrons. The number of aldehydes is 1. The van der Waals surface area contributed by atoms with Gasteiger partial charge in [-0.1, -0.05) is 0 Å². The predicted octanol–water partition coefficient (Wildman–Crippen LogP) is 0.610. The first kappa shape index (κ1) is 19.1. The lowest BCUT2D eigenvalue weighted by Crippen LogP contribution is -2.41. The van der Waals surface area contributed by atoms with Crippen LogP contribution in [0.5, 0.6) is 5.75 Å². The molecule has 1 aromatic heterocycles. The van der Waals surface area contributed by atoms with Gasteiger partial charge in [0.1, 0.15) is 11.5 Å². The number of hydrogen-bond donors (Lipinski definition) is 2. The Morgan fingerprint density at radius 1 is 1.33 bits per heavy atom. The quantitative estimate of drug-likeness (QED) is 0.713. The highest BCUT2D eigenvalue weighted by Gasteiger charge is 2.18. The zero-order chi connectivity index (χ0) is 19.4. The van der Waals surface area contributed by atoms with E-state index >= 15 is 0 Å². The first-order valence-electron chi connectivity index (χ1n) is 8.81. The Morgan fingerprint density at radius 2 is 2.07 bits per heavy atom. The highest BCUT2D eigenvalue weighted by Crippen LogP contribution is 2.25. The zero-order valence-electron chi connectivity index (χ0n) is 15.1. The molecule has 0 unspecified atom stereocenters. The number of aryl methyl sites for hydroxylation is 1. The minimum Gasteiger partial charge on any atom is -0.507 e. The Kier molecular flexibility index (Phi) is 5.88. The number of phenolic OH excluding ortho intramolecular Hbond substituents is 1. The van der Waals surface area contributed by atoms with Gasteiger partial charge in [0.05, 0.1) is 30.6 Å². The Labute approximate surface area is 155 Å². The second-order valence-electron chi connectivity index (χ2n) is 6.44. The average molecular weight is 374 g/mol. The summed E-state index contributed by atoms with van der Waals surface area (Å²) in [6.45, 7) is 5.86. The third-order valence-electron chi connectivity index (χ3n) is 4.68. The maximum atomic E-state index is 12.7. The molecule has 0 saturated carbocycles. The fourth-order valence-corrected chi connectivity index (χ4v) is 3.13. The maximum absolute atomic E-state index is 12.7. The maximum Gasteiger partial charge on any atom is 0.224 e. The number of nitrogens with one attached hydrogen (secondary N) is 1. The third kappa shape index (κ3) is 4.17. The van der Waals surface area contributed by atoms with Crippen LogP contribution < -0.4 is 10.7 Å². The number of hydrogen-bond acceptors (Lipinski definition) is 7. The molecule has 1 saturated heterocycles. The normalized spacial score (nSPS) is 15.0. The lowest BCUT2D eigenvalue weighted by Gasteiger charge is -2.26. The number of carbonyl (C=O) groups is 2. The van der Waals surface area contributed by atoms with Gasteiger partial charge in [0.15, 0.2) is 17.3 Å². The Bertz CT molecular complexity index is 915. The van der Waals surface area contributed by atoms with Crippen LogP contribution in [0.3, 0.4) is 0 Å². The third-order valence-corrected chi connectivity index (χ3v) is 4.68. The summed E-state index contributed by atoms with van der Waals surface area (Å²) in [5.41, 5.74) is -0.174. The molecule has 0 spiro atoms. The topological polar surface area (TPSA) is 109 Å². The Morgan fingerprint density at radius 3 is 2.78 bits per heavy atom. The number of nitrogens with zero attached hydrogens (tertiary/aromatic N) is 1. The smallest absolute Gasteiger partial charge is 0.224 e. The SMILES string of the molecule is Cc1oc2c(C=O)c(O)ccc2c(=O)c1CC(=O)NCCN1CCOCC1. The molecule has 0 atom stereocenters. The summed E-state index contributed by atoms with van der Waals surface area (Å²) in [6.07, 6.45) is 0.336. The van der Waals surface area contributed by atoms with Crippen LogP contribution in [-0.2, 0) is 16.0 Å². The Hall–Kier alpha value is -2.71. The molecule has 27 heavy (non-hydrogen) atoms. The van der Waals surface area contributed by atoms with E-state index < -0.39 is 0 Å². The molecule has 0 bridgehead atoms. The van der Waals surface area contributed by atoms with Crippen molar-refractivity contribution in [2.75, 3.05) is 39.4 Å². The molecule has 1 fully saturated rings. The molecule has 2 heterocycles. The van der Waals surface area contributed by atoms with Crippen LogP contribution in [0.2, 0.25) is 0 Å². The fourth-order valence-electron chi connectivity index (χ4n) is 3.13. The molecule has 1 amide bonds. The van der Waals surface area contributed by atoms with Crippen LogP contribution in [0.4, 0.5) is 0 Å². The van der Waals surface area contributed by atoms with E-state index in [4.69, 9.17) is 9.15 Å². The van der Waals surface area contributed by atoms with Crippen molar-refractivity contribution in [1.82, 2.24) is 10.2 Å². The van der Waals surface area contributed by atoms with E-state index in [1.165, 1.54) is 12.1 Å². The van der Waals surface area contributed by atoms with Gasteiger partial charge in [0.25, 0.3) is 0 Å². The summed E-state index contributed by atoms with van der Waals surface area (Å²) in [6, 6.07) is 2.66.